The van der Waals surface area contributed by atoms with Gasteiger partial charge in [-0.2, -0.15) is 0 Å². The van der Waals surface area contributed by atoms with Crippen molar-refractivity contribution in [3.8, 4) is 0 Å². The number of likely N-dealkylation sites (tertiary alicyclic amines) is 1. The SMILES string of the molecule is O=C(N1CCOCC1)N1CC(O)(C2CC2)C1. The van der Waals surface area contributed by atoms with Crippen LogP contribution >= 0.6 is 0 Å². The molecule has 5 heteroatoms. The maximum absolute atomic E-state index is 12.0. The van der Waals surface area contributed by atoms with Gasteiger partial charge >= 0.3 is 6.03 Å². The summed E-state index contributed by atoms with van der Waals surface area (Å²) in [7, 11) is 0. The Bertz CT molecular complexity index is 292. The molecule has 3 fully saturated rings. The second kappa shape index (κ2) is 3.60. The number of hydrogen-bond donors (Lipinski definition) is 1. The van der Waals surface area contributed by atoms with Crippen molar-refractivity contribution in [2.45, 2.75) is 18.4 Å². The van der Waals surface area contributed by atoms with Crippen molar-refractivity contribution in [1.82, 2.24) is 9.80 Å². The third kappa shape index (κ3) is 1.68. The molecule has 3 aliphatic rings. The zero-order valence-corrected chi connectivity index (χ0v) is 9.39. The van der Waals surface area contributed by atoms with E-state index in [1.807, 2.05) is 4.90 Å². The lowest BCUT2D eigenvalue weighted by molar-refractivity contribution is -0.0989. The number of β-amino-alcohol motifs (C(OH)–C–C–N with tert-alkyl or cyclic N) is 1. The molecule has 1 saturated carbocycles. The van der Waals surface area contributed by atoms with Gasteiger partial charge in [-0.15, -0.1) is 0 Å². The van der Waals surface area contributed by atoms with Gasteiger partial charge < -0.3 is 19.6 Å². The fourth-order valence-electron chi connectivity index (χ4n) is 2.58. The van der Waals surface area contributed by atoms with Crippen LogP contribution in [0.3, 0.4) is 0 Å². The molecule has 0 unspecified atom stereocenters. The number of aliphatic hydroxyl groups is 1. The van der Waals surface area contributed by atoms with E-state index in [4.69, 9.17) is 4.74 Å². The number of ether oxygens (including phenoxy) is 1. The van der Waals surface area contributed by atoms with Crippen LogP contribution < -0.4 is 0 Å². The number of nitrogens with zero attached hydrogens (tertiary/aromatic N) is 2. The number of hydrogen-bond acceptors (Lipinski definition) is 3. The van der Waals surface area contributed by atoms with E-state index in [2.05, 4.69) is 0 Å². The summed E-state index contributed by atoms with van der Waals surface area (Å²) in [5.74, 6) is 0.446. The Balaban J connectivity index is 1.53. The number of rotatable bonds is 1. The summed E-state index contributed by atoms with van der Waals surface area (Å²) in [5.41, 5.74) is -0.568. The Morgan fingerprint density at radius 3 is 2.38 bits per heavy atom. The predicted octanol–water partition coefficient (Wildman–Crippen LogP) is -0.105. The number of urea groups is 1. The minimum absolute atomic E-state index is 0.0635. The first-order chi connectivity index (χ1) is 7.69. The molecule has 1 aliphatic carbocycles. The smallest absolute Gasteiger partial charge is 0.320 e. The molecule has 2 amide bonds. The predicted molar refractivity (Wildman–Crippen MR) is 57.0 cm³/mol. The van der Waals surface area contributed by atoms with Gasteiger partial charge in [0, 0.05) is 13.1 Å². The van der Waals surface area contributed by atoms with Crippen molar-refractivity contribution in [2.24, 2.45) is 5.92 Å². The lowest BCUT2D eigenvalue weighted by atomic mass is 9.89. The Kier molecular flexibility index (Phi) is 2.33. The van der Waals surface area contributed by atoms with Crippen LogP contribution in [0.1, 0.15) is 12.8 Å². The van der Waals surface area contributed by atoms with Crippen LogP contribution in [0.25, 0.3) is 0 Å². The molecular formula is C11H18N2O3. The number of amides is 2. The van der Waals surface area contributed by atoms with Crippen LogP contribution in [0.4, 0.5) is 4.79 Å². The Hall–Kier alpha value is -0.810. The van der Waals surface area contributed by atoms with Crippen molar-refractivity contribution in [1.29, 1.82) is 0 Å². The number of carbonyl (C=O) groups excluding carboxylic acids is 1. The van der Waals surface area contributed by atoms with Crippen LogP contribution in [-0.2, 0) is 4.74 Å². The van der Waals surface area contributed by atoms with Crippen molar-refractivity contribution in [3.05, 3.63) is 0 Å². The largest absolute Gasteiger partial charge is 0.386 e. The molecule has 2 aliphatic heterocycles. The topological polar surface area (TPSA) is 53.0 Å². The van der Waals surface area contributed by atoms with Gasteiger partial charge in [0.25, 0.3) is 0 Å². The van der Waals surface area contributed by atoms with Gasteiger partial charge in [-0.1, -0.05) is 0 Å². The van der Waals surface area contributed by atoms with Gasteiger partial charge in [-0.3, -0.25) is 0 Å². The molecular weight excluding hydrogens is 208 g/mol. The van der Waals surface area contributed by atoms with E-state index in [9.17, 15) is 9.90 Å². The average molecular weight is 226 g/mol. The van der Waals surface area contributed by atoms with Crippen LogP contribution in [-0.4, -0.2) is 65.9 Å². The lowest BCUT2D eigenvalue weighted by Gasteiger charge is -2.48. The molecule has 16 heavy (non-hydrogen) atoms. The minimum atomic E-state index is -0.568. The number of morpholine rings is 1. The standard InChI is InChI=1S/C11H18N2O3/c14-10(12-3-5-16-6-4-12)13-7-11(15,8-13)9-1-2-9/h9,15H,1-8H2. The highest BCUT2D eigenvalue weighted by molar-refractivity contribution is 5.76. The third-order valence-electron chi connectivity index (χ3n) is 3.82. The van der Waals surface area contributed by atoms with E-state index < -0.39 is 5.60 Å². The molecule has 0 radical (unpaired) electrons. The molecule has 0 aromatic carbocycles. The summed E-state index contributed by atoms with van der Waals surface area (Å²) in [5, 5.41) is 10.1. The second-order valence-corrected chi connectivity index (χ2v) is 5.12. The normalized spacial score (nSPS) is 28.8. The highest BCUT2D eigenvalue weighted by Crippen LogP contribution is 2.44. The highest BCUT2D eigenvalue weighted by Gasteiger charge is 2.53. The van der Waals surface area contributed by atoms with E-state index >= 15 is 0 Å². The highest BCUT2D eigenvalue weighted by atomic mass is 16.5. The van der Waals surface area contributed by atoms with Crippen LogP contribution in [0.15, 0.2) is 0 Å². The Labute approximate surface area is 95.0 Å². The maximum atomic E-state index is 12.0. The summed E-state index contributed by atoms with van der Waals surface area (Å²) in [6.07, 6.45) is 2.24. The van der Waals surface area contributed by atoms with Crippen LogP contribution in [0, 0.1) is 5.92 Å². The second-order valence-electron chi connectivity index (χ2n) is 5.12. The molecule has 1 N–H and O–H groups in total. The monoisotopic (exact) mass is 226 g/mol. The first-order valence-electron chi connectivity index (χ1n) is 6.03. The number of carbonyl (C=O) groups is 1. The van der Waals surface area contributed by atoms with Crippen molar-refractivity contribution >= 4 is 6.03 Å². The minimum Gasteiger partial charge on any atom is -0.386 e. The van der Waals surface area contributed by atoms with Gasteiger partial charge in [0.1, 0.15) is 5.60 Å². The van der Waals surface area contributed by atoms with Crippen LogP contribution in [0.2, 0.25) is 0 Å². The van der Waals surface area contributed by atoms with E-state index in [0.29, 0.717) is 45.3 Å². The summed E-state index contributed by atoms with van der Waals surface area (Å²) >= 11 is 0. The fourth-order valence-corrected chi connectivity index (χ4v) is 2.58. The molecule has 90 valence electrons. The van der Waals surface area contributed by atoms with E-state index in [-0.39, 0.29) is 6.03 Å². The molecule has 5 nitrogen and oxygen atoms in total. The maximum Gasteiger partial charge on any atom is 0.320 e. The third-order valence-corrected chi connectivity index (χ3v) is 3.82. The van der Waals surface area contributed by atoms with Gasteiger partial charge in [0.05, 0.1) is 26.3 Å². The van der Waals surface area contributed by atoms with Gasteiger partial charge in [-0.05, 0) is 18.8 Å². The van der Waals surface area contributed by atoms with E-state index in [0.717, 1.165) is 12.8 Å². The summed E-state index contributed by atoms with van der Waals surface area (Å²) in [4.78, 5) is 15.6. The molecule has 0 aromatic rings. The van der Waals surface area contributed by atoms with Gasteiger partial charge in [0.2, 0.25) is 0 Å². The van der Waals surface area contributed by atoms with E-state index in [1.165, 1.54) is 0 Å². The fraction of sp³-hybridized carbons (Fsp3) is 0.909. The quantitative estimate of drug-likeness (QED) is 0.679. The first-order valence-corrected chi connectivity index (χ1v) is 6.03. The lowest BCUT2D eigenvalue weighted by Crippen LogP contribution is -2.67. The summed E-state index contributed by atoms with van der Waals surface area (Å²) < 4.78 is 5.21. The van der Waals surface area contributed by atoms with Crippen LogP contribution in [0.5, 0.6) is 0 Å². The molecule has 0 atom stereocenters. The molecule has 2 saturated heterocycles. The average Bonchev–Trinajstić information content (AvgIpc) is 3.09. The molecule has 3 rings (SSSR count). The molecule has 0 aromatic heterocycles. The Morgan fingerprint density at radius 2 is 1.81 bits per heavy atom. The zero-order chi connectivity index (χ0) is 11.2. The summed E-state index contributed by atoms with van der Waals surface area (Å²) in [6.45, 7) is 3.66. The van der Waals surface area contributed by atoms with Gasteiger partial charge in [0.15, 0.2) is 0 Å². The molecule has 0 spiro atoms. The Morgan fingerprint density at radius 1 is 1.19 bits per heavy atom. The zero-order valence-electron chi connectivity index (χ0n) is 9.39. The van der Waals surface area contributed by atoms with Crippen molar-refractivity contribution in [2.75, 3.05) is 39.4 Å². The molecule has 0 bridgehead atoms. The first kappa shape index (κ1) is 10.4. The van der Waals surface area contributed by atoms with E-state index in [1.54, 1.807) is 4.90 Å². The van der Waals surface area contributed by atoms with Gasteiger partial charge in [-0.25, -0.2) is 4.79 Å². The summed E-state index contributed by atoms with van der Waals surface area (Å²) in [6, 6.07) is 0.0635. The van der Waals surface area contributed by atoms with Crippen molar-refractivity contribution in [3.63, 3.8) is 0 Å². The van der Waals surface area contributed by atoms with Crippen molar-refractivity contribution < 1.29 is 14.6 Å². The molecule has 2 heterocycles.